The predicted molar refractivity (Wildman–Crippen MR) is 146 cm³/mol. The lowest BCUT2D eigenvalue weighted by Gasteiger charge is -2.34. The summed E-state index contributed by atoms with van der Waals surface area (Å²) >= 11 is 0. The summed E-state index contributed by atoms with van der Waals surface area (Å²) in [5.41, 5.74) is 2.18. The minimum atomic E-state index is -4.14. The van der Waals surface area contributed by atoms with Crippen LogP contribution in [0.4, 0.5) is 10.5 Å². The van der Waals surface area contributed by atoms with Gasteiger partial charge in [0.05, 0.1) is 11.5 Å². The van der Waals surface area contributed by atoms with Gasteiger partial charge < -0.3 is 9.47 Å². The van der Waals surface area contributed by atoms with E-state index in [1.807, 2.05) is 44.2 Å². The molecule has 216 valence electrons. The Bertz CT molecular complexity index is 1310. The van der Waals surface area contributed by atoms with Gasteiger partial charge in [0.1, 0.15) is 11.8 Å². The van der Waals surface area contributed by atoms with E-state index in [1.165, 1.54) is 34.6 Å². The van der Waals surface area contributed by atoms with Crippen LogP contribution in [0.5, 0.6) is 5.75 Å². The Kier molecular flexibility index (Phi) is 9.12. The van der Waals surface area contributed by atoms with Crippen LogP contribution in [0.25, 0.3) is 0 Å². The standard InChI is InChI=1S/C28H35N3O8S/c1-20(2)19-24-25(32)30(27(34)31(24)21-7-4-3-5-8-21)15-6-16-39-22-9-11-23(12-10-22)40(36,37)28(26(33)29-35)13-17-38-18-14-28/h3-5,7-12,20,24,35H,6,13-19H2,1-2H3,(H,29,33)/t24-/m1/s1. The number of nitrogens with one attached hydrogen (secondary N) is 1. The molecule has 12 heteroatoms. The Balaban J connectivity index is 1.38. The molecule has 4 amide bonds. The molecule has 0 bridgehead atoms. The van der Waals surface area contributed by atoms with E-state index >= 15 is 0 Å². The van der Waals surface area contributed by atoms with Crippen molar-refractivity contribution in [3.63, 3.8) is 0 Å². The van der Waals surface area contributed by atoms with E-state index in [0.29, 0.717) is 24.3 Å². The molecule has 0 unspecified atom stereocenters. The Morgan fingerprint density at radius 2 is 1.75 bits per heavy atom. The third-order valence-electron chi connectivity index (χ3n) is 7.29. The zero-order valence-corrected chi connectivity index (χ0v) is 23.4. The van der Waals surface area contributed by atoms with Gasteiger partial charge in [-0.25, -0.2) is 18.7 Å². The molecule has 2 aromatic carbocycles. The maximum Gasteiger partial charge on any atom is 0.331 e. The zero-order valence-electron chi connectivity index (χ0n) is 22.6. The second-order valence-corrected chi connectivity index (χ2v) is 12.6. The minimum Gasteiger partial charge on any atom is -0.494 e. The number of hydroxylamine groups is 1. The average Bonchev–Trinajstić information content (AvgIpc) is 3.19. The third kappa shape index (κ3) is 5.70. The largest absolute Gasteiger partial charge is 0.494 e. The summed E-state index contributed by atoms with van der Waals surface area (Å²) in [4.78, 5) is 41.5. The normalized spacial score (nSPS) is 19.2. The predicted octanol–water partition coefficient (Wildman–Crippen LogP) is 3.17. The quantitative estimate of drug-likeness (QED) is 0.181. The first kappa shape index (κ1) is 29.5. The SMILES string of the molecule is CC(C)C[C@@H]1C(=O)N(CCCOc2ccc(S(=O)(=O)C3(C(=O)NO)CCOCC3)cc2)C(=O)N1c1ccccc1. The summed E-state index contributed by atoms with van der Waals surface area (Å²) in [5.74, 6) is -0.591. The molecule has 0 aliphatic carbocycles. The first-order chi connectivity index (χ1) is 19.1. The molecular formula is C28H35N3O8S. The van der Waals surface area contributed by atoms with Crippen molar-refractivity contribution in [2.75, 3.05) is 31.3 Å². The number of carbonyl (C=O) groups is 3. The molecule has 2 fully saturated rings. The maximum absolute atomic E-state index is 13.4. The molecule has 11 nitrogen and oxygen atoms in total. The van der Waals surface area contributed by atoms with Crippen molar-refractivity contribution in [3.8, 4) is 5.75 Å². The molecule has 0 saturated carbocycles. The van der Waals surface area contributed by atoms with Crippen molar-refractivity contribution in [3.05, 3.63) is 54.6 Å². The van der Waals surface area contributed by atoms with Crippen molar-refractivity contribution in [2.45, 2.75) is 55.2 Å². The number of carbonyl (C=O) groups excluding carboxylic acids is 3. The number of imide groups is 1. The van der Waals surface area contributed by atoms with E-state index in [2.05, 4.69) is 0 Å². The highest BCUT2D eigenvalue weighted by molar-refractivity contribution is 7.93. The van der Waals surface area contributed by atoms with E-state index in [9.17, 15) is 28.0 Å². The molecule has 4 rings (SSSR count). The van der Waals surface area contributed by atoms with Crippen LogP contribution in [0.1, 0.15) is 39.5 Å². The molecular weight excluding hydrogens is 538 g/mol. The van der Waals surface area contributed by atoms with Gasteiger partial charge in [-0.05, 0) is 68.0 Å². The summed E-state index contributed by atoms with van der Waals surface area (Å²) in [7, 11) is -4.14. The number of nitrogens with zero attached hydrogens (tertiary/aromatic N) is 2. The van der Waals surface area contributed by atoms with E-state index < -0.39 is 26.5 Å². The number of sulfone groups is 1. The van der Waals surface area contributed by atoms with Crippen molar-refractivity contribution in [1.29, 1.82) is 0 Å². The smallest absolute Gasteiger partial charge is 0.331 e. The number of hydrogen-bond acceptors (Lipinski definition) is 8. The van der Waals surface area contributed by atoms with E-state index in [-0.39, 0.29) is 62.0 Å². The fourth-order valence-corrected chi connectivity index (χ4v) is 7.10. The number of para-hydroxylation sites is 1. The van der Waals surface area contributed by atoms with Crippen LogP contribution in [0.2, 0.25) is 0 Å². The molecule has 1 atom stereocenters. The summed E-state index contributed by atoms with van der Waals surface area (Å²) in [6.45, 7) is 4.56. The molecule has 2 saturated heterocycles. The number of amides is 4. The molecule has 2 aliphatic heterocycles. The number of anilines is 1. The van der Waals surface area contributed by atoms with Gasteiger partial charge in [-0.1, -0.05) is 32.0 Å². The first-order valence-corrected chi connectivity index (χ1v) is 14.8. The maximum atomic E-state index is 13.4. The van der Waals surface area contributed by atoms with Gasteiger partial charge in [0, 0.05) is 25.4 Å². The second kappa shape index (κ2) is 12.4. The van der Waals surface area contributed by atoms with Gasteiger partial charge in [0.15, 0.2) is 14.6 Å². The average molecular weight is 574 g/mol. The third-order valence-corrected chi connectivity index (χ3v) is 9.80. The molecule has 2 N–H and O–H groups in total. The lowest BCUT2D eigenvalue weighted by molar-refractivity contribution is -0.134. The summed E-state index contributed by atoms with van der Waals surface area (Å²) in [6.07, 6.45) is 0.783. The topological polar surface area (TPSA) is 143 Å². The molecule has 2 aliphatic rings. The monoisotopic (exact) mass is 573 g/mol. The van der Waals surface area contributed by atoms with Gasteiger partial charge >= 0.3 is 6.03 Å². The summed E-state index contributed by atoms with van der Waals surface area (Å²) < 4.78 is 35.9. The molecule has 40 heavy (non-hydrogen) atoms. The number of urea groups is 1. The van der Waals surface area contributed by atoms with Crippen LogP contribution in [0.15, 0.2) is 59.5 Å². The van der Waals surface area contributed by atoms with E-state index in [4.69, 9.17) is 9.47 Å². The summed E-state index contributed by atoms with van der Waals surface area (Å²) in [6, 6.07) is 13.9. The molecule has 0 spiro atoms. The lowest BCUT2D eigenvalue weighted by Crippen LogP contribution is -2.54. The molecule has 0 radical (unpaired) electrons. The van der Waals surface area contributed by atoms with Crippen LogP contribution in [-0.4, -0.2) is 73.5 Å². The second-order valence-electron chi connectivity index (χ2n) is 10.3. The number of ether oxygens (including phenoxy) is 2. The molecule has 0 aromatic heterocycles. The van der Waals surface area contributed by atoms with E-state index in [0.717, 1.165) is 0 Å². The van der Waals surface area contributed by atoms with Crippen molar-refractivity contribution in [2.24, 2.45) is 5.92 Å². The fourth-order valence-electron chi connectivity index (χ4n) is 5.16. The minimum absolute atomic E-state index is 0.0733. The highest BCUT2D eigenvalue weighted by Crippen LogP contribution is 2.36. The number of benzene rings is 2. The Morgan fingerprint density at radius 1 is 1.10 bits per heavy atom. The fraction of sp³-hybridized carbons (Fsp3) is 0.464. The van der Waals surface area contributed by atoms with E-state index in [1.54, 1.807) is 4.90 Å². The van der Waals surface area contributed by atoms with Crippen LogP contribution in [0.3, 0.4) is 0 Å². The highest BCUT2D eigenvalue weighted by Gasteiger charge is 2.52. The van der Waals surface area contributed by atoms with Gasteiger partial charge in [0.25, 0.3) is 11.8 Å². The highest BCUT2D eigenvalue weighted by atomic mass is 32.2. The van der Waals surface area contributed by atoms with Crippen LogP contribution in [0, 0.1) is 5.92 Å². The van der Waals surface area contributed by atoms with Gasteiger partial charge in [-0.15, -0.1) is 0 Å². The number of hydrogen-bond donors (Lipinski definition) is 2. The lowest BCUT2D eigenvalue weighted by atomic mass is 9.98. The number of rotatable bonds is 11. The van der Waals surface area contributed by atoms with Gasteiger partial charge in [-0.3, -0.25) is 24.6 Å². The van der Waals surface area contributed by atoms with Crippen molar-refractivity contribution < 1.29 is 37.5 Å². The van der Waals surface area contributed by atoms with Crippen LogP contribution in [-0.2, 0) is 24.2 Å². The van der Waals surface area contributed by atoms with Crippen molar-refractivity contribution in [1.82, 2.24) is 10.4 Å². The Hall–Kier alpha value is -3.48. The van der Waals surface area contributed by atoms with Crippen LogP contribution >= 0.6 is 0 Å². The Morgan fingerprint density at radius 3 is 2.35 bits per heavy atom. The first-order valence-electron chi connectivity index (χ1n) is 13.3. The zero-order chi connectivity index (χ0) is 28.9. The van der Waals surface area contributed by atoms with Gasteiger partial charge in [0.2, 0.25) is 0 Å². The van der Waals surface area contributed by atoms with Crippen LogP contribution < -0.4 is 15.1 Å². The van der Waals surface area contributed by atoms with Crippen molar-refractivity contribution >= 4 is 33.4 Å². The van der Waals surface area contributed by atoms with Gasteiger partial charge in [-0.2, -0.15) is 0 Å². The summed E-state index contributed by atoms with van der Waals surface area (Å²) in [5, 5.41) is 9.19. The Labute approximate surface area is 233 Å². The molecule has 2 aromatic rings. The molecule has 2 heterocycles.